The van der Waals surface area contributed by atoms with Crippen LogP contribution in [0.5, 0.6) is 0 Å². The van der Waals surface area contributed by atoms with Crippen LogP contribution < -0.4 is 5.32 Å². The van der Waals surface area contributed by atoms with E-state index in [-0.39, 0.29) is 17.0 Å². The van der Waals surface area contributed by atoms with Gasteiger partial charge in [-0.3, -0.25) is 14.9 Å². The van der Waals surface area contributed by atoms with Gasteiger partial charge in [0.2, 0.25) is 0 Å². The van der Waals surface area contributed by atoms with Crippen molar-refractivity contribution >= 4 is 17.7 Å². The molecule has 1 fully saturated rings. The molecule has 0 atom stereocenters. The molecule has 0 aliphatic carbocycles. The largest absolute Gasteiger partial charge is 0.456 e. The Labute approximate surface area is 168 Å². The number of nitrogens with one attached hydrogen (secondary N) is 1. The van der Waals surface area contributed by atoms with Crippen molar-refractivity contribution in [2.45, 2.75) is 19.3 Å². The molecule has 1 saturated heterocycles. The number of nitriles is 1. The SMILES string of the molecule is N#C/C(=C/c1ccc(-c2ccccc2[N+](=O)[O-])o1)C(=O)NCCN1CCCCC1. The van der Waals surface area contributed by atoms with Crippen molar-refractivity contribution in [3.05, 3.63) is 57.8 Å². The molecule has 1 amide bonds. The van der Waals surface area contributed by atoms with Gasteiger partial charge in [-0.1, -0.05) is 18.6 Å². The topological polar surface area (TPSA) is 112 Å². The van der Waals surface area contributed by atoms with Gasteiger partial charge in [-0.25, -0.2) is 0 Å². The first-order chi connectivity index (χ1) is 14.1. The van der Waals surface area contributed by atoms with Gasteiger partial charge >= 0.3 is 0 Å². The second kappa shape index (κ2) is 9.66. The lowest BCUT2D eigenvalue weighted by atomic mass is 10.1. The van der Waals surface area contributed by atoms with Gasteiger partial charge in [0.1, 0.15) is 23.2 Å². The summed E-state index contributed by atoms with van der Waals surface area (Å²) in [5.74, 6) is 0.111. The maximum Gasteiger partial charge on any atom is 0.280 e. The van der Waals surface area contributed by atoms with Gasteiger partial charge in [-0.15, -0.1) is 0 Å². The minimum atomic E-state index is -0.482. The van der Waals surface area contributed by atoms with Gasteiger partial charge in [0.15, 0.2) is 0 Å². The summed E-state index contributed by atoms with van der Waals surface area (Å²) in [6, 6.07) is 11.3. The summed E-state index contributed by atoms with van der Waals surface area (Å²) in [5, 5.41) is 23.3. The molecule has 3 rings (SSSR count). The number of likely N-dealkylation sites (tertiary alicyclic amines) is 1. The Morgan fingerprint density at radius 3 is 2.72 bits per heavy atom. The highest BCUT2D eigenvalue weighted by Gasteiger charge is 2.18. The van der Waals surface area contributed by atoms with Gasteiger partial charge in [-0.2, -0.15) is 5.26 Å². The van der Waals surface area contributed by atoms with E-state index in [0.29, 0.717) is 17.9 Å². The lowest BCUT2D eigenvalue weighted by Gasteiger charge is -2.26. The molecule has 8 nitrogen and oxygen atoms in total. The molecule has 1 aliphatic heterocycles. The Morgan fingerprint density at radius 1 is 1.24 bits per heavy atom. The zero-order valence-corrected chi connectivity index (χ0v) is 16.0. The van der Waals surface area contributed by atoms with E-state index >= 15 is 0 Å². The lowest BCUT2D eigenvalue weighted by Crippen LogP contribution is -2.37. The van der Waals surface area contributed by atoms with Gasteiger partial charge in [-0.05, 0) is 44.1 Å². The van der Waals surface area contributed by atoms with Gasteiger partial charge in [0.25, 0.3) is 11.6 Å². The third-order valence-electron chi connectivity index (χ3n) is 4.81. The van der Waals surface area contributed by atoms with Crippen LogP contribution in [0.1, 0.15) is 25.0 Å². The van der Waals surface area contributed by atoms with Crippen molar-refractivity contribution in [2.75, 3.05) is 26.2 Å². The van der Waals surface area contributed by atoms with E-state index in [1.807, 2.05) is 6.07 Å². The van der Waals surface area contributed by atoms with Crippen LogP contribution in [-0.2, 0) is 4.79 Å². The van der Waals surface area contributed by atoms with Crippen molar-refractivity contribution in [1.82, 2.24) is 10.2 Å². The van der Waals surface area contributed by atoms with Crippen LogP contribution in [0, 0.1) is 21.4 Å². The van der Waals surface area contributed by atoms with Gasteiger partial charge < -0.3 is 14.6 Å². The number of nitrogens with zero attached hydrogens (tertiary/aromatic N) is 3. The van der Waals surface area contributed by atoms with E-state index in [2.05, 4.69) is 10.2 Å². The number of hydrogen-bond donors (Lipinski definition) is 1. The number of para-hydroxylation sites is 1. The van der Waals surface area contributed by atoms with Crippen molar-refractivity contribution in [1.29, 1.82) is 5.26 Å². The molecule has 1 N–H and O–H groups in total. The van der Waals surface area contributed by atoms with Crippen LogP contribution in [-0.4, -0.2) is 41.9 Å². The summed E-state index contributed by atoms with van der Waals surface area (Å²) in [6.45, 7) is 3.31. The van der Waals surface area contributed by atoms with Crippen molar-refractivity contribution in [3.8, 4) is 17.4 Å². The first-order valence-corrected chi connectivity index (χ1v) is 9.54. The van der Waals surface area contributed by atoms with E-state index in [0.717, 1.165) is 19.6 Å². The summed E-state index contributed by atoms with van der Waals surface area (Å²) in [5.41, 5.74) is 0.182. The summed E-state index contributed by atoms with van der Waals surface area (Å²) in [7, 11) is 0. The Morgan fingerprint density at radius 2 is 2.00 bits per heavy atom. The minimum Gasteiger partial charge on any atom is -0.456 e. The maximum absolute atomic E-state index is 12.3. The number of rotatable bonds is 7. The molecule has 29 heavy (non-hydrogen) atoms. The van der Waals surface area contributed by atoms with E-state index < -0.39 is 10.8 Å². The second-order valence-corrected chi connectivity index (χ2v) is 6.80. The van der Waals surface area contributed by atoms with Crippen LogP contribution in [0.15, 0.2) is 46.4 Å². The highest BCUT2D eigenvalue weighted by molar-refractivity contribution is 6.01. The minimum absolute atomic E-state index is 0.0756. The third kappa shape index (κ3) is 5.30. The molecule has 0 radical (unpaired) electrons. The molecule has 2 aromatic rings. The number of piperidine rings is 1. The second-order valence-electron chi connectivity index (χ2n) is 6.80. The van der Waals surface area contributed by atoms with Gasteiger partial charge in [0, 0.05) is 25.2 Å². The molecule has 1 aromatic carbocycles. The third-order valence-corrected chi connectivity index (χ3v) is 4.81. The highest BCUT2D eigenvalue weighted by atomic mass is 16.6. The van der Waals surface area contributed by atoms with E-state index in [9.17, 15) is 20.2 Å². The summed E-state index contributed by atoms with van der Waals surface area (Å²) in [4.78, 5) is 25.3. The summed E-state index contributed by atoms with van der Waals surface area (Å²) >= 11 is 0. The number of nitro groups is 1. The highest BCUT2D eigenvalue weighted by Crippen LogP contribution is 2.31. The number of hydrogen-bond acceptors (Lipinski definition) is 6. The van der Waals surface area contributed by atoms with Crippen LogP contribution in [0.3, 0.4) is 0 Å². The molecular weight excluding hydrogens is 372 g/mol. The quantitative estimate of drug-likeness (QED) is 0.333. The lowest BCUT2D eigenvalue weighted by molar-refractivity contribution is -0.384. The maximum atomic E-state index is 12.3. The molecule has 0 saturated carbocycles. The Kier molecular flexibility index (Phi) is 6.76. The summed E-state index contributed by atoms with van der Waals surface area (Å²) in [6.07, 6.45) is 4.95. The van der Waals surface area contributed by atoms with E-state index in [4.69, 9.17) is 4.42 Å². The number of amides is 1. The molecular formula is C21H22N4O4. The fourth-order valence-electron chi connectivity index (χ4n) is 3.31. The monoisotopic (exact) mass is 394 g/mol. The standard InChI is InChI=1S/C21H22N4O4/c22-15-16(21(26)23-10-13-24-11-4-1-5-12-24)14-17-8-9-20(29-17)18-6-2-3-7-19(18)25(27)28/h2-3,6-9,14H,1,4-5,10-13H2,(H,23,26)/b16-14-. The van der Waals surface area contributed by atoms with Crippen molar-refractivity contribution in [3.63, 3.8) is 0 Å². The van der Waals surface area contributed by atoms with E-state index in [1.165, 1.54) is 31.4 Å². The molecule has 0 bridgehead atoms. The molecule has 1 aliphatic rings. The van der Waals surface area contributed by atoms with Crippen LogP contribution >= 0.6 is 0 Å². The molecule has 150 valence electrons. The predicted octanol–water partition coefficient (Wildman–Crippen LogP) is 3.36. The first kappa shape index (κ1) is 20.3. The van der Waals surface area contributed by atoms with E-state index in [1.54, 1.807) is 30.3 Å². The molecule has 8 heteroatoms. The fraction of sp³-hybridized carbons (Fsp3) is 0.333. The smallest absolute Gasteiger partial charge is 0.280 e. The number of carbonyl (C=O) groups is 1. The molecule has 0 unspecified atom stereocenters. The number of furan rings is 1. The average Bonchev–Trinajstić information content (AvgIpc) is 3.21. The number of benzene rings is 1. The van der Waals surface area contributed by atoms with Crippen molar-refractivity contribution < 1.29 is 14.1 Å². The Hall–Kier alpha value is -3.44. The van der Waals surface area contributed by atoms with Crippen LogP contribution in [0.2, 0.25) is 0 Å². The number of nitro benzene ring substituents is 1. The number of carbonyl (C=O) groups excluding carboxylic acids is 1. The first-order valence-electron chi connectivity index (χ1n) is 9.54. The Balaban J connectivity index is 1.66. The molecule has 0 spiro atoms. The molecule has 1 aromatic heterocycles. The molecule has 2 heterocycles. The normalized spacial score (nSPS) is 14.9. The van der Waals surface area contributed by atoms with Gasteiger partial charge in [0.05, 0.1) is 10.5 Å². The zero-order valence-electron chi connectivity index (χ0n) is 16.0. The predicted molar refractivity (Wildman–Crippen MR) is 108 cm³/mol. The fourth-order valence-corrected chi connectivity index (χ4v) is 3.31. The zero-order chi connectivity index (χ0) is 20.6. The average molecular weight is 394 g/mol. The van der Waals surface area contributed by atoms with Crippen LogP contribution in [0.25, 0.3) is 17.4 Å². The Bertz CT molecular complexity index is 952. The summed E-state index contributed by atoms with van der Waals surface area (Å²) < 4.78 is 5.62. The van der Waals surface area contributed by atoms with Crippen molar-refractivity contribution in [2.24, 2.45) is 0 Å². The van der Waals surface area contributed by atoms with Crippen LogP contribution in [0.4, 0.5) is 5.69 Å².